The van der Waals surface area contributed by atoms with E-state index in [-0.39, 0.29) is 11.7 Å². The minimum Gasteiger partial charge on any atom is -0.410 e. The molecule has 0 fully saturated rings. The van der Waals surface area contributed by atoms with Gasteiger partial charge in [0.1, 0.15) is 11.1 Å². The van der Waals surface area contributed by atoms with Crippen LogP contribution in [0.5, 0.6) is 0 Å². The van der Waals surface area contributed by atoms with Gasteiger partial charge in [0.05, 0.1) is 16.2 Å². The summed E-state index contributed by atoms with van der Waals surface area (Å²) in [5, 5.41) is 21.6. The quantitative estimate of drug-likeness (QED) is 0.539. The molecular formula is C21H20N4O2S3. The molecule has 0 aromatic carbocycles. The highest BCUT2D eigenvalue weighted by Crippen LogP contribution is 2.39. The number of nitrogens with zero attached hydrogens (tertiary/aromatic N) is 3. The molecule has 1 atom stereocenters. The topological polar surface area (TPSA) is 91.8 Å². The number of aromatic nitrogens is 2. The Morgan fingerprint density at radius 2 is 2.23 bits per heavy atom. The maximum absolute atomic E-state index is 12.4. The van der Waals surface area contributed by atoms with Crippen LogP contribution in [0.15, 0.2) is 15.7 Å². The molecule has 154 valence electrons. The number of thioether (sulfide) groups is 1. The molecule has 2 aliphatic rings. The summed E-state index contributed by atoms with van der Waals surface area (Å²) in [6, 6.07) is 4.42. The molecule has 6 nitrogen and oxygen atoms in total. The lowest BCUT2D eigenvalue weighted by Crippen LogP contribution is -2.14. The maximum Gasteiger partial charge on any atom is 0.277 e. The van der Waals surface area contributed by atoms with E-state index >= 15 is 0 Å². The summed E-state index contributed by atoms with van der Waals surface area (Å²) >= 11 is 4.47. The predicted octanol–water partition coefficient (Wildman–Crippen LogP) is 5.08. The van der Waals surface area contributed by atoms with Crippen molar-refractivity contribution in [2.45, 2.75) is 50.7 Å². The number of carbonyl (C=O) groups is 1. The third-order valence-electron chi connectivity index (χ3n) is 5.56. The van der Waals surface area contributed by atoms with Crippen molar-refractivity contribution in [1.82, 2.24) is 10.2 Å². The van der Waals surface area contributed by atoms with Crippen molar-refractivity contribution in [2.24, 2.45) is 5.92 Å². The molecule has 3 aromatic rings. The number of rotatable bonds is 5. The summed E-state index contributed by atoms with van der Waals surface area (Å²) in [6.45, 7) is 2.29. The van der Waals surface area contributed by atoms with Crippen LogP contribution in [0.3, 0.4) is 0 Å². The molecule has 5 rings (SSSR count). The summed E-state index contributed by atoms with van der Waals surface area (Å²) in [7, 11) is 0. The fourth-order valence-electron chi connectivity index (χ4n) is 4.08. The van der Waals surface area contributed by atoms with Crippen LogP contribution in [-0.2, 0) is 30.5 Å². The first kappa shape index (κ1) is 19.8. The number of thiophene rings is 2. The van der Waals surface area contributed by atoms with Crippen molar-refractivity contribution in [3.05, 3.63) is 32.5 Å². The number of hydrogen-bond donors (Lipinski definition) is 1. The standard InChI is InChI=1S/C21H20N4O2S3/c1-11-5-6-15-12(7-11)8-17(29-15)19-24-25-21(27-19)28-10-18(26)23-20-14(9-22)13-3-2-4-16(13)30-20/h8,11H,2-7,10H2,1H3,(H,23,26)/t11-/m1/s1. The van der Waals surface area contributed by atoms with E-state index in [9.17, 15) is 10.1 Å². The average molecular weight is 457 g/mol. The molecule has 0 unspecified atom stereocenters. The molecule has 0 aliphatic heterocycles. The van der Waals surface area contributed by atoms with Crippen LogP contribution in [0.25, 0.3) is 10.8 Å². The Balaban J connectivity index is 1.21. The largest absolute Gasteiger partial charge is 0.410 e. The van der Waals surface area contributed by atoms with E-state index in [1.807, 2.05) is 0 Å². The van der Waals surface area contributed by atoms with E-state index in [0.717, 1.165) is 48.5 Å². The average Bonchev–Trinajstić information content (AvgIpc) is 3.48. The van der Waals surface area contributed by atoms with Crippen LogP contribution >= 0.6 is 34.4 Å². The van der Waals surface area contributed by atoms with Gasteiger partial charge in [0.15, 0.2) is 0 Å². The summed E-state index contributed by atoms with van der Waals surface area (Å²) < 4.78 is 5.79. The summed E-state index contributed by atoms with van der Waals surface area (Å²) in [4.78, 5) is 16.1. The molecule has 0 radical (unpaired) electrons. The summed E-state index contributed by atoms with van der Waals surface area (Å²) in [5.74, 6) is 1.23. The van der Waals surface area contributed by atoms with Gasteiger partial charge in [0.2, 0.25) is 5.91 Å². The third-order valence-corrected chi connectivity index (χ3v) is 8.81. The number of nitriles is 1. The minimum absolute atomic E-state index is 0.160. The van der Waals surface area contributed by atoms with E-state index in [4.69, 9.17) is 4.42 Å². The zero-order chi connectivity index (χ0) is 20.7. The summed E-state index contributed by atoms with van der Waals surface area (Å²) in [6.07, 6.45) is 6.47. The lowest BCUT2D eigenvalue weighted by atomic mass is 9.90. The first-order valence-corrected chi connectivity index (χ1v) is 12.7. The fraction of sp³-hybridized carbons (Fsp3) is 0.429. The number of anilines is 1. The second-order valence-corrected chi connectivity index (χ2v) is 11.0. The summed E-state index contributed by atoms with van der Waals surface area (Å²) in [5.41, 5.74) is 3.14. The first-order chi connectivity index (χ1) is 14.6. The smallest absolute Gasteiger partial charge is 0.277 e. The second-order valence-electron chi connectivity index (χ2n) is 7.79. The van der Waals surface area contributed by atoms with Crippen molar-refractivity contribution in [1.29, 1.82) is 5.26 Å². The highest BCUT2D eigenvalue weighted by molar-refractivity contribution is 7.99. The van der Waals surface area contributed by atoms with Crippen LogP contribution in [-0.4, -0.2) is 21.9 Å². The minimum atomic E-state index is -0.170. The molecule has 3 heterocycles. The highest BCUT2D eigenvalue weighted by Gasteiger charge is 2.24. The molecule has 0 spiro atoms. The molecule has 30 heavy (non-hydrogen) atoms. The van der Waals surface area contributed by atoms with Crippen LogP contribution in [0.1, 0.15) is 46.2 Å². The Bertz CT molecular complexity index is 1150. The van der Waals surface area contributed by atoms with Crippen LogP contribution in [0.2, 0.25) is 0 Å². The molecule has 9 heteroatoms. The van der Waals surface area contributed by atoms with Crippen molar-refractivity contribution < 1.29 is 9.21 Å². The van der Waals surface area contributed by atoms with Gasteiger partial charge in [-0.3, -0.25) is 4.79 Å². The zero-order valence-electron chi connectivity index (χ0n) is 16.5. The van der Waals surface area contributed by atoms with Crippen LogP contribution < -0.4 is 5.32 Å². The molecule has 1 N–H and O–H groups in total. The number of fused-ring (bicyclic) bond motifs is 2. The molecule has 0 saturated heterocycles. The number of carbonyl (C=O) groups excluding carboxylic acids is 1. The molecule has 2 aliphatic carbocycles. The number of hydrogen-bond acceptors (Lipinski definition) is 8. The molecular weight excluding hydrogens is 436 g/mol. The Kier molecular flexibility index (Phi) is 5.39. The van der Waals surface area contributed by atoms with Gasteiger partial charge in [-0.15, -0.1) is 32.9 Å². The van der Waals surface area contributed by atoms with Gasteiger partial charge in [-0.05, 0) is 61.6 Å². The van der Waals surface area contributed by atoms with E-state index in [1.54, 1.807) is 11.3 Å². The van der Waals surface area contributed by atoms with E-state index in [1.165, 1.54) is 44.8 Å². The van der Waals surface area contributed by atoms with Gasteiger partial charge in [-0.25, -0.2) is 0 Å². The lowest BCUT2D eigenvalue weighted by molar-refractivity contribution is -0.113. The molecule has 0 bridgehead atoms. The number of amides is 1. The Morgan fingerprint density at radius 3 is 3.10 bits per heavy atom. The van der Waals surface area contributed by atoms with Crippen molar-refractivity contribution >= 4 is 45.3 Å². The number of aryl methyl sites for hydroxylation is 2. The maximum atomic E-state index is 12.4. The zero-order valence-corrected chi connectivity index (χ0v) is 18.9. The van der Waals surface area contributed by atoms with Crippen molar-refractivity contribution in [3.63, 3.8) is 0 Å². The van der Waals surface area contributed by atoms with Crippen LogP contribution in [0, 0.1) is 17.2 Å². The Morgan fingerprint density at radius 1 is 1.33 bits per heavy atom. The molecule has 3 aromatic heterocycles. The molecule has 1 amide bonds. The van der Waals surface area contributed by atoms with Crippen molar-refractivity contribution in [3.8, 4) is 16.8 Å². The SMILES string of the molecule is C[C@@H]1CCc2sc(-c3nnc(SCC(=O)Nc4sc5c(c4C#N)CCC5)o3)cc2C1. The van der Waals surface area contributed by atoms with E-state index in [0.29, 0.717) is 21.7 Å². The van der Waals surface area contributed by atoms with Gasteiger partial charge in [-0.2, -0.15) is 5.26 Å². The monoisotopic (exact) mass is 456 g/mol. The van der Waals surface area contributed by atoms with E-state index < -0.39 is 0 Å². The normalized spacial score (nSPS) is 17.4. The van der Waals surface area contributed by atoms with Gasteiger partial charge >= 0.3 is 0 Å². The van der Waals surface area contributed by atoms with Gasteiger partial charge in [-0.1, -0.05) is 18.7 Å². The fourth-order valence-corrected chi connectivity index (χ4v) is 7.03. The second kappa shape index (κ2) is 8.17. The van der Waals surface area contributed by atoms with Crippen LogP contribution in [0.4, 0.5) is 5.00 Å². The van der Waals surface area contributed by atoms with Gasteiger partial charge < -0.3 is 9.73 Å². The van der Waals surface area contributed by atoms with Gasteiger partial charge in [0.25, 0.3) is 11.1 Å². The third kappa shape index (κ3) is 3.80. The Labute approximate surface area is 186 Å². The van der Waals surface area contributed by atoms with E-state index in [2.05, 4.69) is 34.6 Å². The van der Waals surface area contributed by atoms with Gasteiger partial charge in [0, 0.05) is 9.75 Å². The highest BCUT2D eigenvalue weighted by atomic mass is 32.2. The lowest BCUT2D eigenvalue weighted by Gasteiger charge is -2.16. The molecule has 0 saturated carbocycles. The number of nitrogens with one attached hydrogen (secondary N) is 1. The first-order valence-electron chi connectivity index (χ1n) is 10.0. The van der Waals surface area contributed by atoms with Crippen molar-refractivity contribution in [2.75, 3.05) is 11.1 Å². The Hall–Kier alpha value is -2.15. The predicted molar refractivity (Wildman–Crippen MR) is 119 cm³/mol.